The molecule has 1 N–H and O–H groups in total. The molecule has 0 aliphatic rings. The van der Waals surface area contributed by atoms with Crippen LogP contribution in [0, 0.1) is 5.82 Å². The van der Waals surface area contributed by atoms with E-state index in [2.05, 4.69) is 15.0 Å². The van der Waals surface area contributed by atoms with Crippen molar-refractivity contribution < 1.29 is 4.39 Å². The van der Waals surface area contributed by atoms with Gasteiger partial charge in [0.15, 0.2) is 5.82 Å². The Morgan fingerprint density at radius 3 is 3.11 bits per heavy atom. The van der Waals surface area contributed by atoms with Gasteiger partial charge in [-0.3, -0.25) is 4.79 Å². The molecule has 0 unspecified atom stereocenters. The molecular formula is C11H5ClFN3OS. The van der Waals surface area contributed by atoms with Gasteiger partial charge < -0.3 is 4.98 Å². The molecule has 0 fully saturated rings. The van der Waals surface area contributed by atoms with Gasteiger partial charge in [0.05, 0.1) is 17.3 Å². The lowest BCUT2D eigenvalue weighted by molar-refractivity contribution is 0.623. The van der Waals surface area contributed by atoms with Gasteiger partial charge in [-0.2, -0.15) is 0 Å². The van der Waals surface area contributed by atoms with Crippen LogP contribution in [0.5, 0.6) is 0 Å². The Kier molecular flexibility index (Phi) is 2.61. The van der Waals surface area contributed by atoms with Gasteiger partial charge in [-0.25, -0.2) is 14.4 Å². The largest absolute Gasteiger partial charge is 0.305 e. The molecule has 90 valence electrons. The Morgan fingerprint density at radius 2 is 2.28 bits per heavy atom. The van der Waals surface area contributed by atoms with Crippen molar-refractivity contribution in [3.05, 3.63) is 45.0 Å². The molecular weight excluding hydrogens is 277 g/mol. The summed E-state index contributed by atoms with van der Waals surface area (Å²) in [4.78, 5) is 22.1. The lowest BCUT2D eigenvalue weighted by Crippen LogP contribution is -2.08. The first-order valence-corrected chi connectivity index (χ1v) is 6.20. The molecule has 0 amide bonds. The number of aromatic nitrogens is 3. The Labute approximate surface area is 109 Å². The normalized spacial score (nSPS) is 11.0. The highest BCUT2D eigenvalue weighted by atomic mass is 35.5. The number of thiophene rings is 1. The van der Waals surface area contributed by atoms with E-state index in [1.54, 1.807) is 11.4 Å². The maximum Gasteiger partial charge on any atom is 0.269 e. The maximum absolute atomic E-state index is 13.6. The van der Waals surface area contributed by atoms with Gasteiger partial charge in [0.25, 0.3) is 5.56 Å². The van der Waals surface area contributed by atoms with E-state index in [4.69, 9.17) is 11.6 Å². The predicted octanol–water partition coefficient (Wildman–Crippen LogP) is 2.84. The number of halogens is 2. The van der Waals surface area contributed by atoms with Crippen LogP contribution in [0.15, 0.2) is 28.5 Å². The highest BCUT2D eigenvalue weighted by molar-refractivity contribution is 7.17. The van der Waals surface area contributed by atoms with Crippen molar-refractivity contribution in [3.8, 4) is 11.4 Å². The minimum absolute atomic E-state index is 0.125. The van der Waals surface area contributed by atoms with Crippen LogP contribution in [0.4, 0.5) is 4.39 Å². The third-order valence-corrected chi connectivity index (χ3v) is 3.50. The van der Waals surface area contributed by atoms with Gasteiger partial charge in [0, 0.05) is 0 Å². The highest BCUT2D eigenvalue weighted by Gasteiger charge is 2.11. The van der Waals surface area contributed by atoms with E-state index in [1.165, 1.54) is 17.4 Å². The fourth-order valence-corrected chi connectivity index (χ4v) is 2.48. The minimum Gasteiger partial charge on any atom is -0.305 e. The summed E-state index contributed by atoms with van der Waals surface area (Å²) in [6.07, 6.45) is 0.996. The molecule has 0 radical (unpaired) electrons. The average molecular weight is 282 g/mol. The van der Waals surface area contributed by atoms with Crippen molar-refractivity contribution in [3.63, 3.8) is 0 Å². The molecule has 7 heteroatoms. The van der Waals surface area contributed by atoms with Crippen LogP contribution < -0.4 is 5.56 Å². The molecule has 3 heterocycles. The second-order valence-electron chi connectivity index (χ2n) is 3.54. The molecule has 0 aliphatic carbocycles. The van der Waals surface area contributed by atoms with E-state index >= 15 is 0 Å². The predicted molar refractivity (Wildman–Crippen MR) is 68.4 cm³/mol. The maximum atomic E-state index is 13.6. The zero-order valence-corrected chi connectivity index (χ0v) is 10.3. The molecule has 0 bridgehead atoms. The zero-order chi connectivity index (χ0) is 12.7. The molecule has 3 aromatic rings. The van der Waals surface area contributed by atoms with Gasteiger partial charge in [0.2, 0.25) is 0 Å². The summed E-state index contributed by atoms with van der Waals surface area (Å²) in [6.45, 7) is 0. The fourth-order valence-electron chi connectivity index (χ4n) is 1.60. The second kappa shape index (κ2) is 4.15. The van der Waals surface area contributed by atoms with E-state index in [0.29, 0.717) is 10.2 Å². The number of aromatic amines is 1. The van der Waals surface area contributed by atoms with E-state index < -0.39 is 5.82 Å². The van der Waals surface area contributed by atoms with Gasteiger partial charge in [0.1, 0.15) is 15.7 Å². The van der Waals surface area contributed by atoms with Gasteiger partial charge in [-0.05, 0) is 17.5 Å². The second-order valence-corrected chi connectivity index (χ2v) is 4.84. The van der Waals surface area contributed by atoms with Crippen LogP contribution in [0.25, 0.3) is 21.6 Å². The molecule has 3 aromatic heterocycles. The smallest absolute Gasteiger partial charge is 0.269 e. The van der Waals surface area contributed by atoms with Gasteiger partial charge >= 0.3 is 0 Å². The molecule has 0 atom stereocenters. The van der Waals surface area contributed by atoms with Crippen molar-refractivity contribution in [2.24, 2.45) is 0 Å². The van der Waals surface area contributed by atoms with E-state index in [-0.39, 0.29) is 22.1 Å². The molecule has 18 heavy (non-hydrogen) atoms. The molecule has 0 saturated heterocycles. The molecule has 3 rings (SSSR count). The van der Waals surface area contributed by atoms with Crippen LogP contribution in [0.3, 0.4) is 0 Å². The number of hydrogen-bond acceptors (Lipinski definition) is 4. The molecule has 0 saturated carbocycles. The fraction of sp³-hybridized carbons (Fsp3) is 0. The number of hydrogen-bond donors (Lipinski definition) is 1. The van der Waals surface area contributed by atoms with E-state index in [1.807, 2.05) is 0 Å². The Hall–Kier alpha value is -1.79. The van der Waals surface area contributed by atoms with Crippen molar-refractivity contribution in [2.75, 3.05) is 0 Å². The monoisotopic (exact) mass is 281 g/mol. The first-order chi connectivity index (χ1) is 8.65. The zero-order valence-electron chi connectivity index (χ0n) is 8.78. The summed E-state index contributed by atoms with van der Waals surface area (Å²) < 4.78 is 14.1. The Balaban J connectivity index is 2.31. The summed E-state index contributed by atoms with van der Waals surface area (Å²) in [5.41, 5.74) is 0.364. The molecule has 4 nitrogen and oxygen atoms in total. The van der Waals surface area contributed by atoms with Gasteiger partial charge in [-0.1, -0.05) is 11.6 Å². The lowest BCUT2D eigenvalue weighted by Gasteiger charge is -2.02. The van der Waals surface area contributed by atoms with Crippen molar-refractivity contribution in [1.29, 1.82) is 0 Å². The highest BCUT2D eigenvalue weighted by Crippen LogP contribution is 2.23. The quantitative estimate of drug-likeness (QED) is 0.698. The van der Waals surface area contributed by atoms with Crippen LogP contribution in [0.1, 0.15) is 0 Å². The van der Waals surface area contributed by atoms with Crippen molar-refractivity contribution in [2.45, 2.75) is 0 Å². The van der Waals surface area contributed by atoms with Crippen LogP contribution in [-0.2, 0) is 0 Å². The third-order valence-electron chi connectivity index (χ3n) is 2.39. The number of nitrogens with zero attached hydrogens (tertiary/aromatic N) is 2. The van der Waals surface area contributed by atoms with Gasteiger partial charge in [-0.15, -0.1) is 11.3 Å². The number of H-pyrrole nitrogens is 1. The third kappa shape index (κ3) is 1.79. The van der Waals surface area contributed by atoms with Crippen LogP contribution >= 0.6 is 22.9 Å². The summed E-state index contributed by atoms with van der Waals surface area (Å²) in [5, 5.41) is 1.89. The topological polar surface area (TPSA) is 58.6 Å². The first kappa shape index (κ1) is 11.3. The van der Waals surface area contributed by atoms with E-state index in [0.717, 1.165) is 6.20 Å². The summed E-state index contributed by atoms with van der Waals surface area (Å²) in [5.74, 6) is -0.440. The van der Waals surface area contributed by atoms with E-state index in [9.17, 15) is 9.18 Å². The minimum atomic E-state index is -0.586. The Bertz CT molecular complexity index is 798. The number of rotatable bonds is 1. The average Bonchev–Trinajstić information content (AvgIpc) is 2.81. The lowest BCUT2D eigenvalue weighted by atomic mass is 10.2. The van der Waals surface area contributed by atoms with Crippen molar-refractivity contribution in [1.82, 2.24) is 15.0 Å². The summed E-state index contributed by atoms with van der Waals surface area (Å²) in [6, 6.07) is 3.03. The number of fused-ring (bicyclic) bond motifs is 1. The summed E-state index contributed by atoms with van der Waals surface area (Å²) in [7, 11) is 0. The molecule has 0 aromatic carbocycles. The first-order valence-electron chi connectivity index (χ1n) is 4.94. The molecule has 0 aliphatic heterocycles. The SMILES string of the molecule is O=c1[nH]c(-c2cc(Cl)ncc2F)nc2ccsc12. The van der Waals surface area contributed by atoms with Crippen LogP contribution in [0.2, 0.25) is 5.15 Å². The number of nitrogens with one attached hydrogen (secondary N) is 1. The standard InChI is InChI=1S/C11H5ClFN3OS/c12-8-3-5(6(13)4-14-8)10-15-7-1-2-18-9(7)11(17)16-10/h1-4H,(H,15,16,17). The molecule has 0 spiro atoms. The summed E-state index contributed by atoms with van der Waals surface area (Å²) >= 11 is 6.99. The Morgan fingerprint density at radius 1 is 1.44 bits per heavy atom. The number of pyridine rings is 1. The van der Waals surface area contributed by atoms with Crippen LogP contribution in [-0.4, -0.2) is 15.0 Å². The van der Waals surface area contributed by atoms with Crippen molar-refractivity contribution >= 4 is 33.2 Å².